The number of nitrogens with one attached hydrogen (secondary N) is 2. The maximum Gasteiger partial charge on any atom is 0.416 e. The summed E-state index contributed by atoms with van der Waals surface area (Å²) < 4.78 is 81.6. The molecule has 0 aliphatic heterocycles. The highest BCUT2D eigenvalue weighted by molar-refractivity contribution is 5.99. The molecule has 2 aromatic carbocycles. The molecule has 0 aliphatic carbocycles. The van der Waals surface area contributed by atoms with Crippen LogP contribution in [0.15, 0.2) is 42.5 Å². The Kier molecular flexibility index (Phi) is 5.33. The van der Waals surface area contributed by atoms with Gasteiger partial charge in [0.15, 0.2) is 0 Å². The number of alkyl halides is 6. The van der Waals surface area contributed by atoms with E-state index in [-0.39, 0.29) is 11.8 Å². The largest absolute Gasteiger partial charge is 0.497 e. The fourth-order valence-corrected chi connectivity index (χ4v) is 1.99. The van der Waals surface area contributed by atoms with Gasteiger partial charge >= 0.3 is 18.4 Å². The molecule has 0 fully saturated rings. The minimum absolute atomic E-state index is 0.0213. The monoisotopic (exact) mass is 378 g/mol. The fourth-order valence-electron chi connectivity index (χ4n) is 1.99. The van der Waals surface area contributed by atoms with Crippen molar-refractivity contribution < 1.29 is 35.9 Å². The van der Waals surface area contributed by atoms with Gasteiger partial charge in [0.1, 0.15) is 5.75 Å². The summed E-state index contributed by atoms with van der Waals surface area (Å²) in [6.45, 7) is 0. The molecule has 26 heavy (non-hydrogen) atoms. The summed E-state index contributed by atoms with van der Waals surface area (Å²) >= 11 is 0. The Morgan fingerprint density at radius 1 is 0.808 bits per heavy atom. The van der Waals surface area contributed by atoms with Crippen molar-refractivity contribution in [3.8, 4) is 5.75 Å². The van der Waals surface area contributed by atoms with Crippen molar-refractivity contribution in [1.82, 2.24) is 0 Å². The van der Waals surface area contributed by atoms with Crippen LogP contribution in [-0.4, -0.2) is 13.1 Å². The lowest BCUT2D eigenvalue weighted by Crippen LogP contribution is -2.20. The third kappa shape index (κ3) is 5.04. The molecule has 4 nitrogen and oxygen atoms in total. The van der Waals surface area contributed by atoms with Crippen molar-refractivity contribution in [3.05, 3.63) is 53.6 Å². The molecule has 2 N–H and O–H groups in total. The zero-order valence-corrected chi connectivity index (χ0v) is 13.1. The highest BCUT2D eigenvalue weighted by Crippen LogP contribution is 2.37. The Morgan fingerprint density at radius 2 is 1.27 bits per heavy atom. The average Bonchev–Trinajstić information content (AvgIpc) is 2.53. The van der Waals surface area contributed by atoms with Crippen LogP contribution in [0, 0.1) is 0 Å². The molecular formula is C16H12F6N2O2. The molecule has 0 aromatic heterocycles. The van der Waals surface area contributed by atoms with Crippen molar-refractivity contribution in [2.75, 3.05) is 17.7 Å². The summed E-state index contributed by atoms with van der Waals surface area (Å²) in [5.41, 5.74) is -3.41. The maximum absolute atomic E-state index is 12.8. The van der Waals surface area contributed by atoms with Crippen molar-refractivity contribution >= 4 is 17.4 Å². The molecule has 0 aliphatic rings. The van der Waals surface area contributed by atoms with E-state index in [1.165, 1.54) is 31.4 Å². The Bertz CT molecular complexity index is 753. The summed E-state index contributed by atoms with van der Waals surface area (Å²) in [5.74, 6) is 0.503. The molecule has 2 rings (SSSR count). The van der Waals surface area contributed by atoms with Gasteiger partial charge in [-0.2, -0.15) is 26.3 Å². The molecule has 10 heteroatoms. The zero-order valence-electron chi connectivity index (χ0n) is 13.1. The van der Waals surface area contributed by atoms with Crippen LogP contribution in [0.2, 0.25) is 0 Å². The first-order valence-electron chi connectivity index (χ1n) is 7.00. The number of halogens is 6. The Balaban J connectivity index is 2.22. The van der Waals surface area contributed by atoms with Crippen LogP contribution in [-0.2, 0) is 12.4 Å². The number of methoxy groups -OCH3 is 1. The van der Waals surface area contributed by atoms with Gasteiger partial charge < -0.3 is 15.4 Å². The van der Waals surface area contributed by atoms with Crippen molar-refractivity contribution in [3.63, 3.8) is 0 Å². The van der Waals surface area contributed by atoms with E-state index in [0.717, 1.165) is 0 Å². The van der Waals surface area contributed by atoms with Crippen molar-refractivity contribution in [2.45, 2.75) is 12.4 Å². The van der Waals surface area contributed by atoms with Gasteiger partial charge in [-0.25, -0.2) is 4.79 Å². The van der Waals surface area contributed by atoms with Crippen LogP contribution in [0.1, 0.15) is 11.1 Å². The highest BCUT2D eigenvalue weighted by atomic mass is 19.4. The topological polar surface area (TPSA) is 50.4 Å². The molecule has 0 spiro atoms. The van der Waals surface area contributed by atoms with E-state index in [0.29, 0.717) is 17.9 Å². The van der Waals surface area contributed by atoms with Crippen molar-refractivity contribution in [1.29, 1.82) is 0 Å². The number of carbonyl (C=O) groups excluding carboxylic acids is 1. The highest BCUT2D eigenvalue weighted by Gasteiger charge is 2.37. The van der Waals surface area contributed by atoms with E-state index in [9.17, 15) is 31.1 Å². The van der Waals surface area contributed by atoms with Crippen LogP contribution in [0.5, 0.6) is 5.75 Å². The molecule has 140 valence electrons. The minimum atomic E-state index is -5.00. The third-order valence-electron chi connectivity index (χ3n) is 3.19. The quantitative estimate of drug-likeness (QED) is 0.705. The van der Waals surface area contributed by atoms with Crippen LogP contribution in [0.4, 0.5) is 42.5 Å². The van der Waals surface area contributed by atoms with E-state index in [1.807, 2.05) is 5.32 Å². The summed E-state index contributed by atoms with van der Waals surface area (Å²) in [4.78, 5) is 11.8. The van der Waals surface area contributed by atoms with Gasteiger partial charge in [-0.05, 0) is 42.5 Å². The summed E-state index contributed by atoms with van der Waals surface area (Å²) in [7, 11) is 1.43. The molecule has 0 atom stereocenters. The number of rotatable bonds is 3. The lowest BCUT2D eigenvalue weighted by atomic mass is 10.1. The summed E-state index contributed by atoms with van der Waals surface area (Å²) in [6.07, 6.45) is -9.99. The molecule has 0 heterocycles. The fraction of sp³-hybridized carbons (Fsp3) is 0.188. The molecule has 2 aromatic rings. The first-order valence-corrected chi connectivity index (χ1v) is 7.00. The SMILES string of the molecule is COc1ccc(NC(=O)Nc2cc(C(F)(F)F)cc(C(F)(F)F)c2)cc1. The predicted octanol–water partition coefficient (Wildman–Crippen LogP) is 5.38. The number of benzene rings is 2. The van der Waals surface area contributed by atoms with E-state index >= 15 is 0 Å². The van der Waals surface area contributed by atoms with Crippen LogP contribution in [0.25, 0.3) is 0 Å². The molecule has 0 saturated carbocycles. The summed E-state index contributed by atoms with van der Waals surface area (Å²) in [5, 5.41) is 4.25. The van der Waals surface area contributed by atoms with Gasteiger partial charge in [-0.3, -0.25) is 0 Å². The van der Waals surface area contributed by atoms with Crippen molar-refractivity contribution in [2.24, 2.45) is 0 Å². The maximum atomic E-state index is 12.8. The molecule has 0 unspecified atom stereocenters. The van der Waals surface area contributed by atoms with Gasteiger partial charge in [0, 0.05) is 11.4 Å². The molecule has 0 saturated heterocycles. The third-order valence-corrected chi connectivity index (χ3v) is 3.19. The smallest absolute Gasteiger partial charge is 0.416 e. The Labute approximate surface area is 143 Å². The Hall–Kier alpha value is -2.91. The minimum Gasteiger partial charge on any atom is -0.497 e. The second-order valence-corrected chi connectivity index (χ2v) is 5.10. The van der Waals surface area contributed by atoms with E-state index in [2.05, 4.69) is 5.32 Å². The van der Waals surface area contributed by atoms with Gasteiger partial charge in [-0.1, -0.05) is 0 Å². The van der Waals surface area contributed by atoms with Crippen LogP contribution >= 0.6 is 0 Å². The van der Waals surface area contributed by atoms with Gasteiger partial charge in [0.25, 0.3) is 0 Å². The molecule has 0 bridgehead atoms. The normalized spacial score (nSPS) is 11.8. The summed E-state index contributed by atoms with van der Waals surface area (Å²) in [6, 6.07) is 5.75. The second-order valence-electron chi connectivity index (χ2n) is 5.10. The first-order chi connectivity index (χ1) is 12.0. The lowest BCUT2D eigenvalue weighted by Gasteiger charge is -2.15. The lowest BCUT2D eigenvalue weighted by molar-refractivity contribution is -0.143. The van der Waals surface area contributed by atoms with Crippen LogP contribution in [0.3, 0.4) is 0 Å². The standard InChI is InChI=1S/C16H12F6N2O2/c1-26-13-4-2-11(3-5-13)23-14(25)24-12-7-9(15(17,18)19)6-10(8-12)16(20,21)22/h2-8H,1H3,(H2,23,24,25). The number of ether oxygens (including phenoxy) is 1. The van der Waals surface area contributed by atoms with Crippen LogP contribution < -0.4 is 15.4 Å². The first kappa shape index (κ1) is 19.4. The number of carbonyl (C=O) groups is 1. The van der Waals surface area contributed by atoms with Gasteiger partial charge in [-0.15, -0.1) is 0 Å². The number of amides is 2. The number of anilines is 2. The van der Waals surface area contributed by atoms with E-state index in [4.69, 9.17) is 4.74 Å². The zero-order chi connectivity index (χ0) is 19.5. The van der Waals surface area contributed by atoms with E-state index in [1.54, 1.807) is 0 Å². The average molecular weight is 378 g/mol. The Morgan fingerprint density at radius 3 is 1.69 bits per heavy atom. The number of hydrogen-bond acceptors (Lipinski definition) is 2. The number of hydrogen-bond donors (Lipinski definition) is 2. The van der Waals surface area contributed by atoms with Gasteiger partial charge in [0.2, 0.25) is 0 Å². The molecular weight excluding hydrogens is 366 g/mol. The number of urea groups is 1. The molecule has 0 radical (unpaired) electrons. The van der Waals surface area contributed by atoms with Gasteiger partial charge in [0.05, 0.1) is 18.2 Å². The molecule has 2 amide bonds. The van der Waals surface area contributed by atoms with E-state index < -0.39 is 35.2 Å². The predicted molar refractivity (Wildman–Crippen MR) is 82.1 cm³/mol. The second kappa shape index (κ2) is 7.14.